The Kier molecular flexibility index (Phi) is 44.9. The number of allylic oxidation sites excluding steroid dienone is 4. The van der Waals surface area contributed by atoms with Gasteiger partial charge in [0, 0.05) is 19.3 Å². The third-order valence-electron chi connectivity index (χ3n) is 11.0. The van der Waals surface area contributed by atoms with Crippen LogP contribution in [0.3, 0.4) is 0 Å². The van der Waals surface area contributed by atoms with Crippen LogP contribution in [0.1, 0.15) is 265 Å². The van der Waals surface area contributed by atoms with Crippen LogP contribution in [-0.2, 0) is 28.6 Å². The fourth-order valence-electron chi connectivity index (χ4n) is 7.18. The van der Waals surface area contributed by atoms with Gasteiger partial charge in [-0.05, 0) is 51.4 Å². The van der Waals surface area contributed by atoms with Gasteiger partial charge < -0.3 is 14.2 Å². The molecule has 0 aromatic carbocycles. The molecule has 0 aliphatic carbocycles. The highest BCUT2D eigenvalue weighted by atomic mass is 16.6. The summed E-state index contributed by atoms with van der Waals surface area (Å²) in [6, 6.07) is 0. The molecule has 0 saturated carbocycles. The largest absolute Gasteiger partial charge is 0.462 e. The lowest BCUT2D eigenvalue weighted by atomic mass is 10.0. The molecule has 1 atom stereocenters. The van der Waals surface area contributed by atoms with E-state index in [9.17, 15) is 14.4 Å². The van der Waals surface area contributed by atoms with Crippen LogP contribution in [0.25, 0.3) is 0 Å². The van der Waals surface area contributed by atoms with Crippen LogP contribution in [-0.4, -0.2) is 37.2 Å². The van der Waals surface area contributed by atoms with Gasteiger partial charge in [0.15, 0.2) is 6.10 Å². The van der Waals surface area contributed by atoms with Crippen molar-refractivity contribution < 1.29 is 28.6 Å². The van der Waals surface area contributed by atoms with Crippen LogP contribution >= 0.6 is 0 Å². The molecule has 0 fully saturated rings. The smallest absolute Gasteiger partial charge is 0.306 e. The van der Waals surface area contributed by atoms with E-state index < -0.39 is 6.10 Å². The zero-order chi connectivity index (χ0) is 41.5. The van der Waals surface area contributed by atoms with Gasteiger partial charge in [-0.25, -0.2) is 0 Å². The number of carbonyl (C=O) groups is 3. The molecule has 0 aliphatic rings. The minimum absolute atomic E-state index is 0.0694. The summed E-state index contributed by atoms with van der Waals surface area (Å²) in [6.45, 7) is 6.61. The Labute approximate surface area is 353 Å². The van der Waals surface area contributed by atoms with E-state index in [0.717, 1.165) is 70.6 Å². The Morgan fingerprint density at radius 1 is 0.351 bits per heavy atom. The van der Waals surface area contributed by atoms with Crippen molar-refractivity contribution in [2.75, 3.05) is 13.2 Å². The van der Waals surface area contributed by atoms with Gasteiger partial charge in [0.05, 0.1) is 0 Å². The summed E-state index contributed by atoms with van der Waals surface area (Å²) in [5.41, 5.74) is 0. The second kappa shape index (κ2) is 46.6. The van der Waals surface area contributed by atoms with E-state index in [4.69, 9.17) is 14.2 Å². The van der Waals surface area contributed by atoms with Crippen LogP contribution < -0.4 is 0 Å². The summed E-state index contributed by atoms with van der Waals surface area (Å²) >= 11 is 0. The highest BCUT2D eigenvalue weighted by molar-refractivity contribution is 5.71. The topological polar surface area (TPSA) is 78.9 Å². The first-order chi connectivity index (χ1) is 28.0. The number of esters is 3. The number of hydrogen-bond acceptors (Lipinski definition) is 6. The molecule has 6 heteroatoms. The highest BCUT2D eigenvalue weighted by Crippen LogP contribution is 2.15. The minimum Gasteiger partial charge on any atom is -0.462 e. The van der Waals surface area contributed by atoms with Crippen LogP contribution in [0, 0.1) is 0 Å². The number of hydrogen-bond donors (Lipinski definition) is 0. The van der Waals surface area contributed by atoms with Gasteiger partial charge in [-0.1, -0.05) is 218 Å². The molecule has 0 spiro atoms. The average molecular weight is 803 g/mol. The zero-order valence-corrected chi connectivity index (χ0v) is 38.1. The van der Waals surface area contributed by atoms with E-state index in [2.05, 4.69) is 45.1 Å². The molecule has 0 heterocycles. The maximum atomic E-state index is 12.7. The first-order valence-electron chi connectivity index (χ1n) is 24.8. The van der Waals surface area contributed by atoms with Crippen molar-refractivity contribution >= 4 is 17.9 Å². The lowest BCUT2D eigenvalue weighted by molar-refractivity contribution is -0.167. The molecular weight excluding hydrogens is 709 g/mol. The lowest BCUT2D eigenvalue weighted by Gasteiger charge is -2.18. The first kappa shape index (κ1) is 54.9. The fraction of sp³-hybridized carbons (Fsp3) is 0.863. The molecule has 57 heavy (non-hydrogen) atoms. The molecule has 0 aromatic heterocycles. The number of unbranched alkanes of at least 4 members (excludes halogenated alkanes) is 30. The normalized spacial score (nSPS) is 12.1. The van der Waals surface area contributed by atoms with Gasteiger partial charge in [-0.2, -0.15) is 0 Å². The lowest BCUT2D eigenvalue weighted by Crippen LogP contribution is -2.30. The van der Waals surface area contributed by atoms with E-state index in [-0.39, 0.29) is 31.1 Å². The third kappa shape index (κ3) is 44.8. The summed E-state index contributed by atoms with van der Waals surface area (Å²) in [5, 5.41) is 0. The van der Waals surface area contributed by atoms with E-state index >= 15 is 0 Å². The summed E-state index contributed by atoms with van der Waals surface area (Å²) in [6.07, 6.45) is 51.5. The van der Waals surface area contributed by atoms with Crippen LogP contribution in [0.5, 0.6) is 0 Å². The third-order valence-corrected chi connectivity index (χ3v) is 11.0. The highest BCUT2D eigenvalue weighted by Gasteiger charge is 2.19. The molecular formula is C51H94O6. The second-order valence-electron chi connectivity index (χ2n) is 16.7. The Balaban J connectivity index is 4.31. The Morgan fingerprint density at radius 3 is 1.00 bits per heavy atom. The van der Waals surface area contributed by atoms with Crippen LogP contribution in [0.2, 0.25) is 0 Å². The van der Waals surface area contributed by atoms with E-state index in [1.165, 1.54) is 154 Å². The molecule has 0 aromatic rings. The Bertz CT molecular complexity index is 927. The van der Waals surface area contributed by atoms with Gasteiger partial charge in [-0.15, -0.1) is 0 Å². The SMILES string of the molecule is CCCCC/C=C\C/C=C\CCCCCCCCCC(=O)OC[C@@H](COC(=O)CCCCCCCCCCCC)OC(=O)CCCCCCCCCCCCCC. The van der Waals surface area contributed by atoms with E-state index in [0.29, 0.717) is 19.3 Å². The minimum atomic E-state index is -0.766. The number of ether oxygens (including phenoxy) is 3. The summed E-state index contributed by atoms with van der Waals surface area (Å²) in [4.78, 5) is 37.8. The predicted molar refractivity (Wildman–Crippen MR) is 243 cm³/mol. The molecule has 0 N–H and O–H groups in total. The van der Waals surface area contributed by atoms with Crippen LogP contribution in [0.4, 0.5) is 0 Å². The molecule has 0 saturated heterocycles. The second-order valence-corrected chi connectivity index (χ2v) is 16.7. The molecule has 0 rings (SSSR count). The van der Waals surface area contributed by atoms with E-state index in [1.807, 2.05) is 0 Å². The number of carbonyl (C=O) groups excluding carboxylic acids is 3. The van der Waals surface area contributed by atoms with Crippen LogP contribution in [0.15, 0.2) is 24.3 Å². The maximum absolute atomic E-state index is 12.7. The number of rotatable bonds is 45. The van der Waals surface area contributed by atoms with Crippen molar-refractivity contribution in [3.05, 3.63) is 24.3 Å². The fourth-order valence-corrected chi connectivity index (χ4v) is 7.18. The Morgan fingerprint density at radius 2 is 0.632 bits per heavy atom. The van der Waals surface area contributed by atoms with Gasteiger partial charge in [0.2, 0.25) is 0 Å². The maximum Gasteiger partial charge on any atom is 0.306 e. The summed E-state index contributed by atoms with van der Waals surface area (Å²) in [7, 11) is 0. The van der Waals surface area contributed by atoms with Crippen molar-refractivity contribution in [1.82, 2.24) is 0 Å². The molecule has 0 unspecified atom stereocenters. The predicted octanol–water partition coefficient (Wildman–Crippen LogP) is 16.0. The first-order valence-corrected chi connectivity index (χ1v) is 24.8. The van der Waals surface area contributed by atoms with Crippen molar-refractivity contribution in [3.8, 4) is 0 Å². The summed E-state index contributed by atoms with van der Waals surface area (Å²) < 4.78 is 16.7. The van der Waals surface area contributed by atoms with Gasteiger partial charge in [0.25, 0.3) is 0 Å². The van der Waals surface area contributed by atoms with Gasteiger partial charge in [-0.3, -0.25) is 14.4 Å². The van der Waals surface area contributed by atoms with Crippen molar-refractivity contribution in [2.24, 2.45) is 0 Å². The molecule has 0 amide bonds. The average Bonchev–Trinajstić information content (AvgIpc) is 3.21. The molecule has 334 valence electrons. The van der Waals surface area contributed by atoms with Crippen molar-refractivity contribution in [1.29, 1.82) is 0 Å². The Hall–Kier alpha value is -2.11. The summed E-state index contributed by atoms with van der Waals surface area (Å²) in [5.74, 6) is -0.869. The van der Waals surface area contributed by atoms with Gasteiger partial charge in [0.1, 0.15) is 13.2 Å². The molecule has 0 radical (unpaired) electrons. The molecule has 0 aliphatic heterocycles. The quantitative estimate of drug-likeness (QED) is 0.0264. The molecule has 0 bridgehead atoms. The monoisotopic (exact) mass is 803 g/mol. The van der Waals surface area contributed by atoms with Crippen molar-refractivity contribution in [2.45, 2.75) is 271 Å². The van der Waals surface area contributed by atoms with Crippen molar-refractivity contribution in [3.63, 3.8) is 0 Å². The van der Waals surface area contributed by atoms with Gasteiger partial charge >= 0.3 is 17.9 Å². The standard InChI is InChI=1S/C51H94O6/c1-4-7-10-13-16-19-22-24-25-26-27-28-30-32-35-38-41-44-50(53)56-47-48(46-55-49(52)43-40-37-34-31-21-18-15-12-9-6-3)57-51(54)45-42-39-36-33-29-23-20-17-14-11-8-5-2/h16,19,24-25,48H,4-15,17-18,20-23,26-47H2,1-3H3/b19-16-,25-24-/t48-/m1/s1. The van der Waals surface area contributed by atoms with E-state index in [1.54, 1.807) is 0 Å². The zero-order valence-electron chi connectivity index (χ0n) is 38.1. The molecule has 6 nitrogen and oxygen atoms in total.